The summed E-state index contributed by atoms with van der Waals surface area (Å²) in [6.45, 7) is 0.696. The standard InChI is InChI=1S/C20H21F3N6O2/c1-28-7-3-4-15(18(28)30)25-19-27-26-17(16-10-24-11-29(16)19)14-6-5-13(31-2)8-12(14)9-20(21,22)23/h5-6,8,10-11,15H,3-4,7,9H2,1-2H3,(H,25,27). The number of carbonyl (C=O) groups excluding carboxylic acids is 1. The van der Waals surface area contributed by atoms with Crippen molar-refractivity contribution in [3.8, 4) is 17.0 Å². The van der Waals surface area contributed by atoms with Crippen molar-refractivity contribution in [1.82, 2.24) is 24.5 Å². The first-order valence-electron chi connectivity index (χ1n) is 9.71. The number of likely N-dealkylation sites (N-methyl/N-ethyl adjacent to an activating group) is 1. The highest BCUT2D eigenvalue weighted by Crippen LogP contribution is 2.33. The van der Waals surface area contributed by atoms with E-state index in [9.17, 15) is 18.0 Å². The molecule has 2 aromatic heterocycles. The number of carbonyl (C=O) groups is 1. The number of amides is 1. The first-order valence-corrected chi connectivity index (χ1v) is 9.71. The molecule has 0 saturated carbocycles. The molecule has 0 aliphatic carbocycles. The minimum atomic E-state index is -4.40. The van der Waals surface area contributed by atoms with E-state index in [2.05, 4.69) is 20.5 Å². The third-order valence-electron chi connectivity index (χ3n) is 5.28. The second-order valence-corrected chi connectivity index (χ2v) is 7.44. The maximum Gasteiger partial charge on any atom is 0.393 e. The van der Waals surface area contributed by atoms with Gasteiger partial charge in [0, 0.05) is 19.2 Å². The highest BCUT2D eigenvalue weighted by Gasteiger charge is 2.31. The Hall–Kier alpha value is -3.37. The summed E-state index contributed by atoms with van der Waals surface area (Å²) < 4.78 is 46.2. The number of hydrogen-bond donors (Lipinski definition) is 1. The molecule has 4 rings (SSSR count). The highest BCUT2D eigenvalue weighted by molar-refractivity contribution is 5.85. The van der Waals surface area contributed by atoms with Gasteiger partial charge in [0.25, 0.3) is 0 Å². The molecule has 0 spiro atoms. The van der Waals surface area contributed by atoms with E-state index in [-0.39, 0.29) is 22.7 Å². The number of fused-ring (bicyclic) bond motifs is 1. The predicted molar refractivity (Wildman–Crippen MR) is 107 cm³/mol. The molecule has 1 aliphatic heterocycles. The molecule has 11 heteroatoms. The first kappa shape index (κ1) is 20.9. The number of nitrogens with zero attached hydrogens (tertiary/aromatic N) is 5. The lowest BCUT2D eigenvalue weighted by molar-refractivity contribution is -0.132. The van der Waals surface area contributed by atoms with Crippen LogP contribution in [0.1, 0.15) is 18.4 Å². The molecule has 8 nitrogen and oxygen atoms in total. The Bertz CT molecular complexity index is 1110. The van der Waals surface area contributed by atoms with Gasteiger partial charge in [-0.1, -0.05) is 0 Å². The Balaban J connectivity index is 1.75. The number of imidazole rings is 1. The van der Waals surface area contributed by atoms with E-state index in [1.807, 2.05) is 0 Å². The van der Waals surface area contributed by atoms with Gasteiger partial charge >= 0.3 is 6.18 Å². The number of aromatic nitrogens is 4. The number of anilines is 1. The van der Waals surface area contributed by atoms with Crippen molar-refractivity contribution in [2.75, 3.05) is 26.0 Å². The Morgan fingerprint density at radius 2 is 2.10 bits per heavy atom. The van der Waals surface area contributed by atoms with Crippen LogP contribution in [0.15, 0.2) is 30.7 Å². The van der Waals surface area contributed by atoms with Crippen molar-refractivity contribution in [1.29, 1.82) is 0 Å². The van der Waals surface area contributed by atoms with E-state index in [0.717, 1.165) is 6.42 Å². The molecule has 1 unspecified atom stereocenters. The number of nitrogens with one attached hydrogen (secondary N) is 1. The fourth-order valence-corrected chi connectivity index (χ4v) is 3.74. The van der Waals surface area contributed by atoms with Crippen LogP contribution in [0.2, 0.25) is 0 Å². The van der Waals surface area contributed by atoms with Gasteiger partial charge in [-0.3, -0.25) is 9.20 Å². The van der Waals surface area contributed by atoms with E-state index >= 15 is 0 Å². The second-order valence-electron chi connectivity index (χ2n) is 7.44. The summed E-state index contributed by atoms with van der Waals surface area (Å²) in [5.41, 5.74) is 1.05. The number of alkyl halides is 3. The molecule has 0 bridgehead atoms. The number of piperidine rings is 1. The van der Waals surface area contributed by atoms with Crippen LogP contribution in [0.25, 0.3) is 16.8 Å². The van der Waals surface area contributed by atoms with Crippen LogP contribution >= 0.6 is 0 Å². The molecular formula is C20H21F3N6O2. The smallest absolute Gasteiger partial charge is 0.393 e. The van der Waals surface area contributed by atoms with Gasteiger partial charge < -0.3 is 15.0 Å². The topological polar surface area (TPSA) is 84.7 Å². The first-order chi connectivity index (χ1) is 14.8. The Morgan fingerprint density at radius 3 is 2.84 bits per heavy atom. The molecule has 1 fully saturated rings. The van der Waals surface area contributed by atoms with E-state index in [0.29, 0.717) is 30.2 Å². The van der Waals surface area contributed by atoms with Gasteiger partial charge in [0.1, 0.15) is 23.8 Å². The van der Waals surface area contributed by atoms with E-state index in [1.165, 1.54) is 31.8 Å². The van der Waals surface area contributed by atoms with Crippen molar-refractivity contribution in [3.05, 3.63) is 36.3 Å². The van der Waals surface area contributed by atoms with Crippen LogP contribution in [-0.2, 0) is 11.2 Å². The maximum absolute atomic E-state index is 13.2. The number of hydrogen-bond acceptors (Lipinski definition) is 6. The molecule has 1 aromatic carbocycles. The van der Waals surface area contributed by atoms with Crippen molar-refractivity contribution in [3.63, 3.8) is 0 Å². The van der Waals surface area contributed by atoms with Gasteiger partial charge in [-0.25, -0.2) is 4.98 Å². The van der Waals surface area contributed by atoms with Crippen LogP contribution in [0.3, 0.4) is 0 Å². The van der Waals surface area contributed by atoms with Crippen molar-refractivity contribution in [2.45, 2.75) is 31.5 Å². The Morgan fingerprint density at radius 1 is 1.29 bits per heavy atom. The summed E-state index contributed by atoms with van der Waals surface area (Å²) in [6.07, 6.45) is -1.04. The number of methoxy groups -OCH3 is 1. The lowest BCUT2D eigenvalue weighted by Crippen LogP contribution is -2.45. The average molecular weight is 434 g/mol. The van der Waals surface area contributed by atoms with Crippen molar-refractivity contribution >= 4 is 17.4 Å². The summed E-state index contributed by atoms with van der Waals surface area (Å²) in [7, 11) is 3.13. The fourth-order valence-electron chi connectivity index (χ4n) is 3.74. The Kier molecular flexibility index (Phi) is 5.42. The average Bonchev–Trinajstić information content (AvgIpc) is 3.21. The fraction of sp³-hybridized carbons (Fsp3) is 0.400. The van der Waals surface area contributed by atoms with Crippen LogP contribution in [0.5, 0.6) is 5.75 Å². The van der Waals surface area contributed by atoms with Crippen molar-refractivity contribution in [2.24, 2.45) is 0 Å². The lowest BCUT2D eigenvalue weighted by Gasteiger charge is -2.29. The third kappa shape index (κ3) is 4.25. The molecule has 1 saturated heterocycles. The quantitative estimate of drug-likeness (QED) is 0.665. The van der Waals surface area contributed by atoms with E-state index in [1.54, 1.807) is 22.4 Å². The van der Waals surface area contributed by atoms with Gasteiger partial charge in [-0.2, -0.15) is 13.2 Å². The number of rotatable bonds is 5. The van der Waals surface area contributed by atoms with E-state index in [4.69, 9.17) is 4.74 Å². The summed E-state index contributed by atoms with van der Waals surface area (Å²) in [5, 5.41) is 11.5. The highest BCUT2D eigenvalue weighted by atomic mass is 19.4. The zero-order valence-corrected chi connectivity index (χ0v) is 17.0. The molecular weight excluding hydrogens is 413 g/mol. The third-order valence-corrected chi connectivity index (χ3v) is 5.28. The molecule has 1 N–H and O–H groups in total. The minimum absolute atomic E-state index is 0.0223. The van der Waals surface area contributed by atoms with Gasteiger partial charge in [0.2, 0.25) is 11.9 Å². The maximum atomic E-state index is 13.2. The molecule has 1 atom stereocenters. The summed E-state index contributed by atoms with van der Waals surface area (Å²) in [5.74, 6) is 0.572. The van der Waals surface area contributed by atoms with Crippen LogP contribution in [0, 0.1) is 0 Å². The summed E-state index contributed by atoms with van der Waals surface area (Å²) in [6, 6.07) is 4.00. The molecule has 3 heterocycles. The van der Waals surface area contributed by atoms with Gasteiger partial charge in [0.05, 0.1) is 25.2 Å². The lowest BCUT2D eigenvalue weighted by atomic mass is 10.0. The second kappa shape index (κ2) is 8.05. The van der Waals surface area contributed by atoms with Gasteiger partial charge in [-0.15, -0.1) is 10.2 Å². The van der Waals surface area contributed by atoms with Gasteiger partial charge in [0.15, 0.2) is 0 Å². The molecule has 0 radical (unpaired) electrons. The van der Waals surface area contributed by atoms with Crippen molar-refractivity contribution < 1.29 is 22.7 Å². The number of benzene rings is 1. The monoisotopic (exact) mass is 434 g/mol. The van der Waals surface area contributed by atoms with Gasteiger partial charge in [-0.05, 0) is 36.6 Å². The van der Waals surface area contributed by atoms with E-state index < -0.39 is 18.6 Å². The zero-order chi connectivity index (χ0) is 22.2. The van der Waals surface area contributed by atoms with Crippen LogP contribution < -0.4 is 10.1 Å². The SMILES string of the molecule is COc1ccc(-c2nnc(NC3CCCN(C)C3=O)n3cncc23)c(CC(F)(F)F)c1. The number of ether oxygens (including phenoxy) is 1. The molecule has 164 valence electrons. The number of likely N-dealkylation sites (tertiary alicyclic amines) is 1. The molecule has 31 heavy (non-hydrogen) atoms. The van der Waals surface area contributed by atoms with Crippen LogP contribution in [-0.4, -0.2) is 63.3 Å². The van der Waals surface area contributed by atoms with Crippen LogP contribution in [0.4, 0.5) is 19.1 Å². The molecule has 3 aromatic rings. The molecule has 1 amide bonds. The zero-order valence-electron chi connectivity index (χ0n) is 17.0. The predicted octanol–water partition coefficient (Wildman–Crippen LogP) is 2.94. The minimum Gasteiger partial charge on any atom is -0.497 e. The normalized spacial score (nSPS) is 17.3. The summed E-state index contributed by atoms with van der Waals surface area (Å²) in [4.78, 5) is 18.2. The molecule has 1 aliphatic rings. The number of halogens is 3. The largest absolute Gasteiger partial charge is 0.497 e. The Labute approximate surface area is 176 Å². The summed E-state index contributed by atoms with van der Waals surface area (Å²) >= 11 is 0.